The van der Waals surface area contributed by atoms with Gasteiger partial charge in [0.15, 0.2) is 5.82 Å². The van der Waals surface area contributed by atoms with Gasteiger partial charge in [0, 0.05) is 29.5 Å². The number of halogens is 2. The Morgan fingerprint density at radius 2 is 2.33 bits per heavy atom. The van der Waals surface area contributed by atoms with E-state index in [9.17, 15) is 9.18 Å². The van der Waals surface area contributed by atoms with Crippen LogP contribution in [0.3, 0.4) is 0 Å². The first-order valence-corrected chi connectivity index (χ1v) is 6.85. The van der Waals surface area contributed by atoms with Gasteiger partial charge in [-0.1, -0.05) is 22.0 Å². The Labute approximate surface area is 112 Å². The van der Waals surface area contributed by atoms with Crippen LogP contribution in [0.25, 0.3) is 0 Å². The molecule has 0 saturated heterocycles. The Hall–Kier alpha value is -1.43. The number of benzene rings is 1. The molecular weight excluding hydrogens is 301 g/mol. The zero-order valence-corrected chi connectivity index (χ0v) is 11.1. The van der Waals surface area contributed by atoms with Gasteiger partial charge in [-0.2, -0.15) is 0 Å². The van der Waals surface area contributed by atoms with Crippen molar-refractivity contribution in [1.82, 2.24) is 4.90 Å². The first-order valence-electron chi connectivity index (χ1n) is 5.73. The number of nitrogens with zero attached hydrogens (tertiary/aromatic N) is 2. The van der Waals surface area contributed by atoms with Gasteiger partial charge < -0.3 is 5.32 Å². The Balaban J connectivity index is 2.18. The third-order valence-corrected chi connectivity index (χ3v) is 3.75. The molecule has 0 aliphatic carbocycles. The first-order chi connectivity index (χ1) is 8.72. The highest BCUT2D eigenvalue weighted by molar-refractivity contribution is 9.08. The molecule has 0 spiro atoms. The normalized spacial score (nSPS) is 17.8. The monoisotopic (exact) mass is 311 g/mol. The van der Waals surface area contributed by atoms with E-state index in [1.807, 2.05) is 6.07 Å². The van der Waals surface area contributed by atoms with Crippen LogP contribution in [0.5, 0.6) is 0 Å². The fourth-order valence-electron chi connectivity index (χ4n) is 2.24. The number of anilines is 1. The summed E-state index contributed by atoms with van der Waals surface area (Å²) in [5.74, 6) is 0.200. The number of fused-ring (bicyclic) bond motifs is 3. The van der Waals surface area contributed by atoms with E-state index in [0.717, 1.165) is 6.42 Å². The second kappa shape index (κ2) is 4.35. The molecule has 0 bridgehead atoms. The number of carbonyl (C=O) groups is 1. The van der Waals surface area contributed by atoms with Crippen LogP contribution in [0.4, 0.5) is 14.9 Å². The summed E-state index contributed by atoms with van der Waals surface area (Å²) in [4.78, 5) is 17.8. The maximum absolute atomic E-state index is 14.2. The van der Waals surface area contributed by atoms with Gasteiger partial charge in [0.1, 0.15) is 5.84 Å². The average molecular weight is 312 g/mol. The predicted molar refractivity (Wildman–Crippen MR) is 70.8 cm³/mol. The van der Waals surface area contributed by atoms with Crippen molar-refractivity contribution in [2.75, 3.05) is 18.4 Å². The van der Waals surface area contributed by atoms with Gasteiger partial charge >= 0.3 is 6.03 Å². The number of hydrogen-bond acceptors (Lipinski definition) is 2. The second-order valence-electron chi connectivity index (χ2n) is 4.24. The maximum Gasteiger partial charge on any atom is 0.327 e. The van der Waals surface area contributed by atoms with Crippen LogP contribution < -0.4 is 5.32 Å². The van der Waals surface area contributed by atoms with Crippen LogP contribution in [0, 0.1) is 5.82 Å². The number of aliphatic imine (C=N–C) groups is 1. The molecular formula is C12H11BrFN3O. The van der Waals surface area contributed by atoms with E-state index >= 15 is 0 Å². The molecule has 3 rings (SSSR count). The molecule has 94 valence electrons. The van der Waals surface area contributed by atoms with Crippen LogP contribution in [0.15, 0.2) is 17.1 Å². The number of amidine groups is 1. The molecule has 2 amide bonds. The summed E-state index contributed by atoms with van der Waals surface area (Å²) in [5, 5.41) is 3.03. The molecule has 1 N–H and O–H groups in total. The van der Waals surface area contributed by atoms with Gasteiger partial charge in [0.2, 0.25) is 0 Å². The van der Waals surface area contributed by atoms with Crippen LogP contribution in [0.1, 0.15) is 17.5 Å². The predicted octanol–water partition coefficient (Wildman–Crippen LogP) is 2.72. The molecule has 0 radical (unpaired) electrons. The number of urea groups is 1. The fraction of sp³-hybridized carbons (Fsp3) is 0.333. The zero-order valence-electron chi connectivity index (χ0n) is 9.54. The lowest BCUT2D eigenvalue weighted by Gasteiger charge is -2.33. The van der Waals surface area contributed by atoms with E-state index in [1.165, 1.54) is 0 Å². The largest absolute Gasteiger partial charge is 0.327 e. The SMILES string of the molecule is O=C1Nc2c(ccc(CBr)c2F)C2=NCCCN12. The summed E-state index contributed by atoms with van der Waals surface area (Å²) in [6.45, 7) is 1.31. The van der Waals surface area contributed by atoms with E-state index in [1.54, 1.807) is 11.0 Å². The summed E-state index contributed by atoms with van der Waals surface area (Å²) in [6, 6.07) is 3.23. The van der Waals surface area contributed by atoms with Crippen LogP contribution >= 0.6 is 15.9 Å². The Morgan fingerprint density at radius 1 is 1.50 bits per heavy atom. The Bertz CT molecular complexity index is 558. The van der Waals surface area contributed by atoms with Crippen molar-refractivity contribution in [3.05, 3.63) is 29.1 Å². The lowest BCUT2D eigenvalue weighted by atomic mass is 10.0. The summed E-state index contributed by atoms with van der Waals surface area (Å²) < 4.78 is 14.2. The first kappa shape index (κ1) is 11.6. The summed E-state index contributed by atoms with van der Waals surface area (Å²) >= 11 is 3.23. The molecule has 0 atom stereocenters. The lowest BCUT2D eigenvalue weighted by molar-refractivity contribution is 0.231. The molecule has 2 aliphatic heterocycles. The van der Waals surface area contributed by atoms with Gasteiger partial charge in [0.05, 0.1) is 5.69 Å². The van der Waals surface area contributed by atoms with E-state index < -0.39 is 0 Å². The molecule has 0 aromatic heterocycles. The number of hydrogen-bond donors (Lipinski definition) is 1. The summed E-state index contributed by atoms with van der Waals surface area (Å²) in [5.41, 5.74) is 1.43. The van der Waals surface area contributed by atoms with E-state index in [2.05, 4.69) is 26.2 Å². The van der Waals surface area contributed by atoms with Gasteiger partial charge in [-0.3, -0.25) is 9.89 Å². The van der Waals surface area contributed by atoms with E-state index in [4.69, 9.17) is 0 Å². The highest BCUT2D eigenvalue weighted by Gasteiger charge is 2.32. The van der Waals surface area contributed by atoms with Gasteiger partial charge in [0.25, 0.3) is 0 Å². The van der Waals surface area contributed by atoms with Crippen molar-refractivity contribution >= 4 is 33.5 Å². The van der Waals surface area contributed by atoms with Crippen molar-refractivity contribution in [1.29, 1.82) is 0 Å². The molecule has 0 fully saturated rings. The molecule has 4 nitrogen and oxygen atoms in total. The minimum absolute atomic E-state index is 0.244. The third kappa shape index (κ3) is 1.63. The average Bonchev–Trinajstić information content (AvgIpc) is 2.41. The number of alkyl halides is 1. The highest BCUT2D eigenvalue weighted by atomic mass is 79.9. The standard InChI is InChI=1S/C12H11BrFN3O/c13-6-7-2-3-8-10(9(7)14)16-12(18)17-5-1-4-15-11(8)17/h2-3H,1,4-6H2,(H,16,18). The molecule has 18 heavy (non-hydrogen) atoms. The molecule has 2 aliphatic rings. The molecule has 1 aromatic rings. The van der Waals surface area contributed by atoms with Gasteiger partial charge in [-0.25, -0.2) is 9.18 Å². The molecule has 0 unspecified atom stereocenters. The van der Waals surface area contributed by atoms with Gasteiger partial charge in [-0.15, -0.1) is 0 Å². The number of amides is 2. The van der Waals surface area contributed by atoms with E-state index in [0.29, 0.717) is 35.4 Å². The van der Waals surface area contributed by atoms with Crippen LogP contribution in [-0.4, -0.2) is 29.9 Å². The highest BCUT2D eigenvalue weighted by Crippen LogP contribution is 2.30. The Morgan fingerprint density at radius 3 is 3.11 bits per heavy atom. The lowest BCUT2D eigenvalue weighted by Crippen LogP contribution is -2.47. The van der Waals surface area contributed by atoms with Crippen LogP contribution in [-0.2, 0) is 5.33 Å². The van der Waals surface area contributed by atoms with E-state index in [-0.39, 0.29) is 17.5 Å². The third-order valence-electron chi connectivity index (χ3n) is 3.14. The van der Waals surface area contributed by atoms with Crippen molar-refractivity contribution in [3.63, 3.8) is 0 Å². The summed E-state index contributed by atoms with van der Waals surface area (Å²) in [6.07, 6.45) is 0.841. The Kier molecular flexibility index (Phi) is 2.81. The van der Waals surface area contributed by atoms with Crippen molar-refractivity contribution in [3.8, 4) is 0 Å². The molecule has 6 heteroatoms. The molecule has 0 saturated carbocycles. The number of nitrogens with one attached hydrogen (secondary N) is 1. The second-order valence-corrected chi connectivity index (χ2v) is 4.80. The topological polar surface area (TPSA) is 44.7 Å². The van der Waals surface area contributed by atoms with Gasteiger partial charge in [-0.05, 0) is 12.5 Å². The number of rotatable bonds is 1. The number of carbonyl (C=O) groups excluding carboxylic acids is 1. The fourth-order valence-corrected chi connectivity index (χ4v) is 2.67. The summed E-state index contributed by atoms with van der Waals surface area (Å²) in [7, 11) is 0. The van der Waals surface area contributed by atoms with Crippen molar-refractivity contribution in [2.45, 2.75) is 11.8 Å². The minimum atomic E-state index is -0.384. The minimum Gasteiger partial charge on any atom is -0.304 e. The zero-order chi connectivity index (χ0) is 12.7. The van der Waals surface area contributed by atoms with Crippen LogP contribution in [0.2, 0.25) is 0 Å². The van der Waals surface area contributed by atoms with Crippen molar-refractivity contribution < 1.29 is 9.18 Å². The smallest absolute Gasteiger partial charge is 0.304 e. The van der Waals surface area contributed by atoms with Crippen molar-refractivity contribution in [2.24, 2.45) is 4.99 Å². The molecule has 2 heterocycles. The quantitative estimate of drug-likeness (QED) is 0.796. The maximum atomic E-state index is 14.2. The molecule has 1 aromatic carbocycles.